The summed E-state index contributed by atoms with van der Waals surface area (Å²) in [6.45, 7) is 1.94. The van der Waals surface area contributed by atoms with E-state index < -0.39 is 23.9 Å². The van der Waals surface area contributed by atoms with Gasteiger partial charge in [0.25, 0.3) is 0 Å². The molecule has 2 aromatic heterocycles. The average molecular weight is 534 g/mol. The fourth-order valence-corrected chi connectivity index (χ4v) is 4.40. The van der Waals surface area contributed by atoms with Gasteiger partial charge < -0.3 is 18.8 Å². The van der Waals surface area contributed by atoms with Crippen LogP contribution in [0.25, 0.3) is 11.0 Å². The van der Waals surface area contributed by atoms with Crippen molar-refractivity contribution in [3.63, 3.8) is 0 Å². The van der Waals surface area contributed by atoms with E-state index in [1.807, 2.05) is 24.3 Å². The zero-order valence-electron chi connectivity index (χ0n) is 16.7. The van der Waals surface area contributed by atoms with Crippen molar-refractivity contribution in [3.05, 3.63) is 87.5 Å². The highest BCUT2D eigenvalue weighted by Crippen LogP contribution is 2.35. The molecule has 2 unspecified atom stereocenters. The molecular formula is C23H20FIN2O4. The monoisotopic (exact) mass is 534 g/mol. The number of carbonyl (C=O) groups is 1. The number of hydrogen-bond donors (Lipinski definition) is 1. The molecule has 6 nitrogen and oxygen atoms in total. The highest BCUT2D eigenvalue weighted by atomic mass is 127. The number of benzene rings is 2. The normalized spacial score (nSPS) is 13.3. The number of ether oxygens (including phenoxy) is 1. The number of aliphatic hydroxyl groups excluding tert-OH is 1. The second kappa shape index (κ2) is 9.19. The third-order valence-electron chi connectivity index (χ3n) is 5.10. The van der Waals surface area contributed by atoms with Gasteiger partial charge in [0.15, 0.2) is 0 Å². The van der Waals surface area contributed by atoms with Crippen LogP contribution in [0.2, 0.25) is 0 Å². The lowest BCUT2D eigenvalue weighted by atomic mass is 9.95. The SMILES string of the molecule is CCOC(=O)c1nccn1C(CC(O)c1cc2ccoc2cc1F)c1ccccc1I. The van der Waals surface area contributed by atoms with E-state index in [-0.39, 0.29) is 24.4 Å². The fourth-order valence-electron chi connectivity index (χ4n) is 3.65. The second-order valence-corrected chi connectivity index (χ2v) is 8.16. The Morgan fingerprint density at radius 2 is 2.10 bits per heavy atom. The number of fused-ring (bicyclic) bond motifs is 1. The average Bonchev–Trinajstić information content (AvgIpc) is 3.41. The van der Waals surface area contributed by atoms with E-state index in [2.05, 4.69) is 27.6 Å². The molecule has 31 heavy (non-hydrogen) atoms. The number of nitrogens with zero attached hydrogens (tertiary/aromatic N) is 2. The molecule has 0 aliphatic carbocycles. The predicted octanol–water partition coefficient (Wildman–Crippen LogP) is 5.26. The molecule has 0 saturated carbocycles. The van der Waals surface area contributed by atoms with Crippen molar-refractivity contribution in [1.82, 2.24) is 9.55 Å². The van der Waals surface area contributed by atoms with Crippen molar-refractivity contribution in [2.24, 2.45) is 0 Å². The molecule has 0 spiro atoms. The molecule has 0 aliphatic rings. The lowest BCUT2D eigenvalue weighted by Crippen LogP contribution is -2.21. The molecule has 0 amide bonds. The van der Waals surface area contributed by atoms with E-state index in [1.165, 1.54) is 18.5 Å². The van der Waals surface area contributed by atoms with Crippen LogP contribution in [-0.2, 0) is 4.74 Å². The number of furan rings is 1. The molecule has 2 heterocycles. The Hall–Kier alpha value is -2.72. The number of aromatic nitrogens is 2. The minimum absolute atomic E-state index is 0.128. The van der Waals surface area contributed by atoms with Crippen LogP contribution in [0.15, 0.2) is 65.5 Å². The molecule has 0 saturated heterocycles. The minimum Gasteiger partial charge on any atom is -0.464 e. The van der Waals surface area contributed by atoms with Gasteiger partial charge in [-0.25, -0.2) is 14.2 Å². The molecule has 0 radical (unpaired) electrons. The summed E-state index contributed by atoms with van der Waals surface area (Å²) in [5, 5.41) is 11.7. The largest absolute Gasteiger partial charge is 0.464 e. The maximum Gasteiger partial charge on any atom is 0.374 e. The van der Waals surface area contributed by atoms with E-state index in [1.54, 1.807) is 29.8 Å². The molecule has 160 valence electrons. The van der Waals surface area contributed by atoms with Crippen LogP contribution in [0.5, 0.6) is 0 Å². The molecule has 2 aromatic carbocycles. The van der Waals surface area contributed by atoms with Crippen LogP contribution in [0.4, 0.5) is 4.39 Å². The zero-order valence-corrected chi connectivity index (χ0v) is 18.8. The first-order valence-corrected chi connectivity index (χ1v) is 10.9. The number of esters is 1. The maximum absolute atomic E-state index is 14.7. The lowest BCUT2D eigenvalue weighted by Gasteiger charge is -2.25. The van der Waals surface area contributed by atoms with Crippen LogP contribution in [0, 0.1) is 9.39 Å². The van der Waals surface area contributed by atoms with Crippen LogP contribution >= 0.6 is 22.6 Å². The van der Waals surface area contributed by atoms with Gasteiger partial charge in [0, 0.05) is 39.4 Å². The third kappa shape index (κ3) is 4.35. The van der Waals surface area contributed by atoms with E-state index in [0.717, 1.165) is 9.13 Å². The highest BCUT2D eigenvalue weighted by molar-refractivity contribution is 14.1. The van der Waals surface area contributed by atoms with Gasteiger partial charge in [-0.2, -0.15) is 0 Å². The van der Waals surface area contributed by atoms with Crippen molar-refractivity contribution in [3.8, 4) is 0 Å². The zero-order chi connectivity index (χ0) is 22.0. The van der Waals surface area contributed by atoms with Gasteiger partial charge in [0.05, 0.1) is 25.0 Å². The van der Waals surface area contributed by atoms with Crippen molar-refractivity contribution < 1.29 is 23.4 Å². The Bertz CT molecular complexity index is 1220. The van der Waals surface area contributed by atoms with Gasteiger partial charge in [-0.15, -0.1) is 0 Å². The van der Waals surface area contributed by atoms with Gasteiger partial charge in [0.1, 0.15) is 11.4 Å². The summed E-state index contributed by atoms with van der Waals surface area (Å²) in [6, 6.07) is 11.8. The summed E-state index contributed by atoms with van der Waals surface area (Å²) in [5.41, 5.74) is 1.47. The van der Waals surface area contributed by atoms with Crippen LogP contribution < -0.4 is 0 Å². The first-order valence-electron chi connectivity index (χ1n) is 9.78. The Morgan fingerprint density at radius 3 is 2.87 bits per heavy atom. The number of carbonyl (C=O) groups excluding carboxylic acids is 1. The quantitative estimate of drug-likeness (QED) is 0.259. The summed E-state index contributed by atoms with van der Waals surface area (Å²) in [4.78, 5) is 16.6. The van der Waals surface area contributed by atoms with Gasteiger partial charge in [-0.1, -0.05) is 18.2 Å². The molecule has 1 N–H and O–H groups in total. The van der Waals surface area contributed by atoms with Crippen molar-refractivity contribution >= 4 is 39.5 Å². The lowest BCUT2D eigenvalue weighted by molar-refractivity contribution is 0.0501. The molecule has 4 aromatic rings. The molecule has 0 aliphatic heterocycles. The smallest absolute Gasteiger partial charge is 0.374 e. The topological polar surface area (TPSA) is 77.5 Å². The maximum atomic E-state index is 14.7. The molecule has 2 atom stereocenters. The second-order valence-electron chi connectivity index (χ2n) is 7.00. The summed E-state index contributed by atoms with van der Waals surface area (Å²) >= 11 is 2.21. The molecule has 8 heteroatoms. The summed E-state index contributed by atoms with van der Waals surface area (Å²) in [6.07, 6.45) is 3.66. The first kappa shape index (κ1) is 21.5. The third-order valence-corrected chi connectivity index (χ3v) is 6.09. The van der Waals surface area contributed by atoms with E-state index in [0.29, 0.717) is 11.0 Å². The van der Waals surface area contributed by atoms with Crippen molar-refractivity contribution in [1.29, 1.82) is 0 Å². The Balaban J connectivity index is 1.75. The highest BCUT2D eigenvalue weighted by Gasteiger charge is 2.27. The first-order chi connectivity index (χ1) is 15.0. The molecular weight excluding hydrogens is 514 g/mol. The predicted molar refractivity (Wildman–Crippen MR) is 121 cm³/mol. The summed E-state index contributed by atoms with van der Waals surface area (Å²) in [7, 11) is 0. The minimum atomic E-state index is -1.13. The van der Waals surface area contributed by atoms with Crippen LogP contribution in [0.1, 0.15) is 47.2 Å². The van der Waals surface area contributed by atoms with Crippen molar-refractivity contribution in [2.75, 3.05) is 6.61 Å². The van der Waals surface area contributed by atoms with Gasteiger partial charge in [-0.3, -0.25) is 0 Å². The molecule has 4 rings (SSSR count). The number of rotatable bonds is 7. The summed E-state index contributed by atoms with van der Waals surface area (Å²) < 4.78 is 27.7. The van der Waals surface area contributed by atoms with E-state index >= 15 is 0 Å². The molecule has 0 fully saturated rings. The number of halogens is 2. The number of aliphatic hydroxyl groups is 1. The Morgan fingerprint density at radius 1 is 1.29 bits per heavy atom. The molecule has 0 bridgehead atoms. The van der Waals surface area contributed by atoms with Crippen molar-refractivity contribution in [2.45, 2.75) is 25.5 Å². The Labute approximate surface area is 191 Å². The Kier molecular flexibility index (Phi) is 6.38. The van der Waals surface area contributed by atoms with Crippen LogP contribution in [0.3, 0.4) is 0 Å². The van der Waals surface area contributed by atoms with Crippen LogP contribution in [-0.4, -0.2) is 27.2 Å². The van der Waals surface area contributed by atoms with Gasteiger partial charge in [0.2, 0.25) is 5.82 Å². The van der Waals surface area contributed by atoms with E-state index in [9.17, 15) is 14.3 Å². The fraction of sp³-hybridized carbons (Fsp3) is 0.217. The van der Waals surface area contributed by atoms with E-state index in [4.69, 9.17) is 9.15 Å². The van der Waals surface area contributed by atoms with Gasteiger partial charge >= 0.3 is 5.97 Å². The number of hydrogen-bond acceptors (Lipinski definition) is 5. The standard InChI is InChI=1S/C23H20FIN2O4/c1-2-30-23(29)22-26-8-9-27(22)19(15-5-3-4-6-18(15)25)13-20(28)16-11-14-7-10-31-21(14)12-17(16)24/h3-12,19-20,28H,2,13H2,1H3. The summed E-state index contributed by atoms with van der Waals surface area (Å²) in [5.74, 6) is -0.971. The number of imidazole rings is 1. The van der Waals surface area contributed by atoms with Gasteiger partial charge in [-0.05, 0) is 53.3 Å².